The summed E-state index contributed by atoms with van der Waals surface area (Å²) in [5.41, 5.74) is 2.72. The average Bonchev–Trinajstić information content (AvgIpc) is 3.14. The van der Waals surface area contributed by atoms with Crippen molar-refractivity contribution in [1.29, 1.82) is 0 Å². The molecular weight excluding hydrogens is 766 g/mol. The van der Waals surface area contributed by atoms with Gasteiger partial charge in [-0.1, -0.05) is 111 Å². The van der Waals surface area contributed by atoms with Crippen LogP contribution in [0.1, 0.15) is 37.8 Å². The number of hydrogen-bond acceptors (Lipinski definition) is 1. The Labute approximate surface area is 316 Å². The molecule has 0 fully saturated rings. The highest BCUT2D eigenvalue weighted by Crippen LogP contribution is 2.60. The van der Waals surface area contributed by atoms with Crippen LogP contribution in [0.15, 0.2) is 170 Å². The van der Waals surface area contributed by atoms with Crippen molar-refractivity contribution in [2.75, 3.05) is 12.3 Å². The van der Waals surface area contributed by atoms with Crippen LogP contribution >= 0.6 is 14.5 Å². The lowest BCUT2D eigenvalue weighted by Gasteiger charge is -2.27. The van der Waals surface area contributed by atoms with E-state index in [1.165, 1.54) is 44.7 Å². The molecule has 0 aliphatic carbocycles. The summed E-state index contributed by atoms with van der Waals surface area (Å²) in [4.78, 5) is 0. The Hall–Kier alpha value is -3.06. The zero-order valence-electron chi connectivity index (χ0n) is 28.5. The van der Waals surface area contributed by atoms with Crippen LogP contribution in [0.4, 0.5) is 0 Å². The number of ether oxygens (including phenoxy) is 1. The molecule has 0 atom stereocenters. The van der Waals surface area contributed by atoms with Crippen molar-refractivity contribution in [1.82, 2.24) is 0 Å². The number of rotatable bonds is 14. The van der Waals surface area contributed by atoms with E-state index in [1.807, 2.05) is 0 Å². The Kier molecular flexibility index (Phi) is 14.9. The molecule has 0 heterocycles. The molecule has 0 aliphatic heterocycles. The monoisotopic (exact) mass is 810 g/mol. The quantitative estimate of drug-likeness (QED) is 0.146. The smallest absolute Gasteiger partial charge is 0.127 e. The van der Waals surface area contributed by atoms with E-state index in [4.69, 9.17) is 4.74 Å². The predicted molar refractivity (Wildman–Crippen MR) is 209 cm³/mol. The Balaban J connectivity index is 0.00000270. The van der Waals surface area contributed by atoms with E-state index in [2.05, 4.69) is 184 Å². The molecule has 0 saturated carbocycles. The van der Waals surface area contributed by atoms with Gasteiger partial charge in [-0.15, -0.1) is 0 Å². The molecular formula is C44H46Br2OP2. The molecule has 252 valence electrons. The van der Waals surface area contributed by atoms with Gasteiger partial charge in [0.25, 0.3) is 0 Å². The lowest BCUT2D eigenvalue weighted by Crippen LogP contribution is -3.00. The highest BCUT2D eigenvalue weighted by Gasteiger charge is 2.43. The first-order chi connectivity index (χ1) is 23.1. The molecule has 6 aromatic carbocycles. The van der Waals surface area contributed by atoms with Gasteiger partial charge in [-0.2, -0.15) is 0 Å². The minimum atomic E-state index is -1.62. The van der Waals surface area contributed by atoms with Crippen LogP contribution in [0.2, 0.25) is 0 Å². The summed E-state index contributed by atoms with van der Waals surface area (Å²) in [5.74, 6) is 1.75. The molecule has 6 rings (SSSR count). The van der Waals surface area contributed by atoms with Gasteiger partial charge in [-0.05, 0) is 96.8 Å². The topological polar surface area (TPSA) is 9.23 Å². The summed E-state index contributed by atoms with van der Waals surface area (Å²) in [7, 11) is -3.23. The third kappa shape index (κ3) is 9.19. The fraction of sp³-hybridized carbons (Fsp3) is 0.182. The molecule has 0 unspecified atom stereocenters. The van der Waals surface area contributed by atoms with E-state index < -0.39 is 14.5 Å². The minimum absolute atomic E-state index is 0. The fourth-order valence-corrected chi connectivity index (χ4v) is 15.9. The summed E-state index contributed by atoms with van der Waals surface area (Å²) in [6.45, 7) is 4.63. The summed E-state index contributed by atoms with van der Waals surface area (Å²) < 4.78 is 6.40. The van der Waals surface area contributed by atoms with Crippen molar-refractivity contribution in [3.8, 4) is 11.5 Å². The summed E-state index contributed by atoms with van der Waals surface area (Å²) in [6, 6.07) is 62.4. The summed E-state index contributed by atoms with van der Waals surface area (Å²) >= 11 is 0. The molecule has 0 amide bonds. The third-order valence-corrected chi connectivity index (χ3v) is 18.6. The van der Waals surface area contributed by atoms with Gasteiger partial charge in [-0.25, -0.2) is 0 Å². The van der Waals surface area contributed by atoms with E-state index in [1.54, 1.807) is 0 Å². The van der Waals surface area contributed by atoms with E-state index in [0.29, 0.717) is 0 Å². The van der Waals surface area contributed by atoms with Gasteiger partial charge in [0, 0.05) is 0 Å². The Morgan fingerprint density at radius 3 is 0.878 bits per heavy atom. The van der Waals surface area contributed by atoms with Crippen LogP contribution in [0.5, 0.6) is 11.5 Å². The van der Waals surface area contributed by atoms with Gasteiger partial charge < -0.3 is 38.7 Å². The van der Waals surface area contributed by atoms with Crippen LogP contribution in [0, 0.1) is 0 Å². The minimum Gasteiger partial charge on any atom is -1.00 e. The van der Waals surface area contributed by atoms with E-state index in [-0.39, 0.29) is 34.0 Å². The molecule has 0 N–H and O–H groups in total. The number of halogens is 2. The highest BCUT2D eigenvalue weighted by atomic mass is 79.9. The first-order valence-electron chi connectivity index (χ1n) is 17.0. The van der Waals surface area contributed by atoms with Crippen LogP contribution in [0.3, 0.4) is 0 Å². The largest absolute Gasteiger partial charge is 1.00 e. The van der Waals surface area contributed by atoms with Crippen molar-refractivity contribution in [3.63, 3.8) is 0 Å². The number of hydrogen-bond donors (Lipinski definition) is 0. The maximum atomic E-state index is 6.40. The first-order valence-corrected chi connectivity index (χ1v) is 21.3. The maximum absolute atomic E-state index is 6.40. The van der Waals surface area contributed by atoms with Crippen LogP contribution in [0.25, 0.3) is 0 Å². The molecule has 0 radical (unpaired) electrons. The van der Waals surface area contributed by atoms with Crippen LogP contribution in [-0.2, 0) is 12.3 Å². The SMILES string of the molecule is CCC[P+](Cc1ccc(Oc2ccc(C[P+](CCC)(c3ccccc3)c3ccccc3)cc2)cc1)(c1ccccc1)c1ccccc1.[Br-].[Br-]. The molecule has 6 aromatic rings. The van der Waals surface area contributed by atoms with Crippen molar-refractivity contribution < 1.29 is 38.7 Å². The van der Waals surface area contributed by atoms with Gasteiger partial charge in [-0.3, -0.25) is 0 Å². The van der Waals surface area contributed by atoms with Gasteiger partial charge >= 0.3 is 0 Å². The Morgan fingerprint density at radius 1 is 0.367 bits per heavy atom. The molecule has 0 saturated heterocycles. The third-order valence-electron chi connectivity index (χ3n) is 9.20. The Morgan fingerprint density at radius 2 is 0.633 bits per heavy atom. The lowest BCUT2D eigenvalue weighted by molar-refractivity contribution is -0.00100. The zero-order valence-corrected chi connectivity index (χ0v) is 33.4. The first kappa shape index (κ1) is 38.7. The van der Waals surface area contributed by atoms with Gasteiger partial charge in [0.2, 0.25) is 0 Å². The highest BCUT2D eigenvalue weighted by molar-refractivity contribution is 7.89. The van der Waals surface area contributed by atoms with E-state index >= 15 is 0 Å². The maximum Gasteiger partial charge on any atom is 0.127 e. The summed E-state index contributed by atoms with van der Waals surface area (Å²) in [5, 5.41) is 5.94. The van der Waals surface area contributed by atoms with Crippen LogP contribution < -0.4 is 59.9 Å². The van der Waals surface area contributed by atoms with Gasteiger partial charge in [0.15, 0.2) is 0 Å². The molecule has 0 spiro atoms. The normalized spacial score (nSPS) is 11.2. The van der Waals surface area contributed by atoms with Crippen molar-refractivity contribution in [2.45, 2.75) is 39.0 Å². The predicted octanol–water partition coefficient (Wildman–Crippen LogP) is 4.64. The Bertz CT molecular complexity index is 1580. The molecule has 0 bridgehead atoms. The van der Waals surface area contributed by atoms with Crippen molar-refractivity contribution in [3.05, 3.63) is 181 Å². The summed E-state index contributed by atoms with van der Waals surface area (Å²) in [6.07, 6.45) is 6.81. The fourth-order valence-electron chi connectivity index (χ4n) is 7.04. The van der Waals surface area contributed by atoms with Gasteiger partial charge in [0.05, 0.1) is 60.4 Å². The second-order valence-corrected chi connectivity index (χ2v) is 19.9. The van der Waals surface area contributed by atoms with Crippen LogP contribution in [-0.4, -0.2) is 12.3 Å². The number of benzene rings is 6. The zero-order chi connectivity index (χ0) is 32.4. The van der Waals surface area contributed by atoms with Crippen molar-refractivity contribution in [2.24, 2.45) is 0 Å². The van der Waals surface area contributed by atoms with E-state index in [9.17, 15) is 0 Å². The van der Waals surface area contributed by atoms with Gasteiger partial charge in [0.1, 0.15) is 11.5 Å². The molecule has 0 aromatic heterocycles. The van der Waals surface area contributed by atoms with E-state index in [0.717, 1.165) is 36.7 Å². The lowest BCUT2D eigenvalue weighted by atomic mass is 10.2. The van der Waals surface area contributed by atoms with Crippen molar-refractivity contribution >= 4 is 35.7 Å². The average molecular weight is 813 g/mol. The second kappa shape index (κ2) is 18.8. The molecule has 49 heavy (non-hydrogen) atoms. The molecule has 5 heteroatoms. The second-order valence-electron chi connectivity index (χ2n) is 12.4. The molecule has 0 aliphatic rings. The standard InChI is InChI=1S/C44H46OP2.2BrH/c1-3-33-46(41-17-9-5-10-18-41,42-19-11-6-12-20-42)35-37-25-29-39(30-26-37)45-40-31-27-38(28-32-40)36-47(34-4-2,43-21-13-7-14-22-43)44-23-15-8-16-24-44;;/h5-32H,3-4,33-36H2,1-2H3;2*1H/q+2;;/p-2. The molecule has 1 nitrogen and oxygen atoms in total.